The summed E-state index contributed by atoms with van der Waals surface area (Å²) in [7, 11) is 0. The van der Waals surface area contributed by atoms with E-state index >= 15 is 0 Å². The third-order valence-corrected chi connectivity index (χ3v) is 5.04. The summed E-state index contributed by atoms with van der Waals surface area (Å²) in [6, 6.07) is 14.7. The molecule has 1 aromatic heterocycles. The summed E-state index contributed by atoms with van der Waals surface area (Å²) in [4.78, 5) is 38.2. The quantitative estimate of drug-likeness (QED) is 0.367. The number of aromatic nitrogens is 1. The van der Waals surface area contributed by atoms with E-state index < -0.39 is 11.9 Å². The number of carbonyl (C=O) groups is 3. The van der Waals surface area contributed by atoms with E-state index in [0.29, 0.717) is 0 Å². The summed E-state index contributed by atoms with van der Waals surface area (Å²) in [6.07, 6.45) is 4.95. The molecule has 1 fully saturated rings. The molecule has 2 heterocycles. The fraction of sp³-hybridized carbons (Fsp3) is 0.125. The summed E-state index contributed by atoms with van der Waals surface area (Å²) >= 11 is 0. The van der Waals surface area contributed by atoms with Gasteiger partial charge in [-0.3, -0.25) is 14.5 Å². The minimum Gasteiger partial charge on any atom is -0.337 e. The number of nitrogens with one attached hydrogen (secondary N) is 2. The minimum absolute atomic E-state index is 0.112. The second-order valence-electron chi connectivity index (χ2n) is 7.34. The van der Waals surface area contributed by atoms with Crippen molar-refractivity contribution in [2.75, 3.05) is 11.9 Å². The van der Waals surface area contributed by atoms with Gasteiger partial charge in [-0.15, -0.1) is 6.58 Å². The van der Waals surface area contributed by atoms with E-state index in [1.54, 1.807) is 6.08 Å². The molecule has 0 atom stereocenters. The topological polar surface area (TPSA) is 83.4 Å². The summed E-state index contributed by atoms with van der Waals surface area (Å²) in [6.45, 7) is 5.81. The average molecular weight is 414 g/mol. The van der Waals surface area contributed by atoms with Crippen molar-refractivity contribution in [1.29, 1.82) is 0 Å². The van der Waals surface area contributed by atoms with Crippen molar-refractivity contribution in [3.63, 3.8) is 0 Å². The van der Waals surface area contributed by atoms with Gasteiger partial charge >= 0.3 is 6.03 Å². The van der Waals surface area contributed by atoms with Crippen LogP contribution in [0.25, 0.3) is 17.0 Å². The van der Waals surface area contributed by atoms with Crippen LogP contribution >= 0.6 is 0 Å². The van der Waals surface area contributed by atoms with Crippen LogP contribution in [0.3, 0.4) is 0 Å². The molecule has 4 rings (SSSR count). The molecule has 156 valence electrons. The molecule has 7 nitrogen and oxygen atoms in total. The molecule has 31 heavy (non-hydrogen) atoms. The Bertz CT molecular complexity index is 1220. The smallest absolute Gasteiger partial charge is 0.329 e. The van der Waals surface area contributed by atoms with Gasteiger partial charge in [-0.2, -0.15) is 0 Å². The molecular weight excluding hydrogens is 392 g/mol. The lowest BCUT2D eigenvalue weighted by Crippen LogP contribution is -2.30. The molecule has 2 N–H and O–H groups in total. The maximum absolute atomic E-state index is 12.6. The van der Waals surface area contributed by atoms with Gasteiger partial charge in [0.25, 0.3) is 5.91 Å². The second kappa shape index (κ2) is 8.31. The zero-order valence-corrected chi connectivity index (χ0v) is 17.1. The van der Waals surface area contributed by atoms with Gasteiger partial charge in [-0.1, -0.05) is 42.0 Å². The van der Waals surface area contributed by atoms with Crippen LogP contribution in [0.1, 0.15) is 11.1 Å². The Morgan fingerprint density at radius 3 is 2.61 bits per heavy atom. The number of nitrogens with zero attached hydrogens (tertiary/aromatic N) is 2. The van der Waals surface area contributed by atoms with Crippen LogP contribution in [-0.2, 0) is 16.1 Å². The van der Waals surface area contributed by atoms with E-state index in [9.17, 15) is 14.4 Å². The predicted octanol–water partition coefficient (Wildman–Crippen LogP) is 3.67. The molecule has 7 heteroatoms. The fourth-order valence-electron chi connectivity index (χ4n) is 3.54. The first kappa shape index (κ1) is 20.2. The van der Waals surface area contributed by atoms with E-state index in [-0.39, 0.29) is 24.7 Å². The van der Waals surface area contributed by atoms with Crippen LogP contribution in [0.4, 0.5) is 10.5 Å². The van der Waals surface area contributed by atoms with Crippen LogP contribution in [-0.4, -0.2) is 33.9 Å². The van der Waals surface area contributed by atoms with Crippen molar-refractivity contribution in [1.82, 2.24) is 14.8 Å². The molecule has 3 aromatic rings. The standard InChI is InChI=1S/C24H22N4O3/c1-3-12-28-23(30)20(26-24(28)31)13-17-14-27(21-7-5-4-6-19(17)21)15-22(29)25-18-10-8-16(2)9-11-18/h3-11,13-14H,1,12,15H2,2H3,(H,25,29)(H,26,31)/b20-13+. The number of imide groups is 1. The Labute approximate surface area is 179 Å². The molecule has 1 aliphatic rings. The lowest BCUT2D eigenvalue weighted by molar-refractivity contribution is -0.122. The lowest BCUT2D eigenvalue weighted by atomic mass is 10.1. The summed E-state index contributed by atoms with van der Waals surface area (Å²) in [5.74, 6) is -0.565. The van der Waals surface area contributed by atoms with E-state index in [0.717, 1.165) is 32.6 Å². The molecular formula is C24H22N4O3. The number of urea groups is 1. The minimum atomic E-state index is -0.475. The van der Waals surface area contributed by atoms with Crippen LogP contribution in [0.15, 0.2) is 73.1 Å². The first-order chi connectivity index (χ1) is 15.0. The fourth-order valence-corrected chi connectivity index (χ4v) is 3.54. The predicted molar refractivity (Wildman–Crippen MR) is 120 cm³/mol. The van der Waals surface area contributed by atoms with Gasteiger partial charge in [-0.05, 0) is 31.2 Å². The number of rotatable bonds is 6. The highest BCUT2D eigenvalue weighted by Gasteiger charge is 2.32. The highest BCUT2D eigenvalue weighted by atomic mass is 16.2. The number of aryl methyl sites for hydroxylation is 1. The molecule has 0 spiro atoms. The van der Waals surface area contributed by atoms with Crippen molar-refractivity contribution in [2.45, 2.75) is 13.5 Å². The SMILES string of the molecule is C=CCN1C(=O)N/C(=C/c2cn(CC(=O)Nc3ccc(C)cc3)c3ccccc23)C1=O. The summed E-state index contributed by atoms with van der Waals surface area (Å²) in [5, 5.41) is 6.37. The van der Waals surface area contributed by atoms with Crippen molar-refractivity contribution >= 4 is 40.5 Å². The average Bonchev–Trinajstić information content (AvgIpc) is 3.22. The van der Waals surface area contributed by atoms with Gasteiger partial charge in [-0.25, -0.2) is 4.79 Å². The van der Waals surface area contributed by atoms with Gasteiger partial charge in [0, 0.05) is 34.9 Å². The van der Waals surface area contributed by atoms with Crippen molar-refractivity contribution in [3.8, 4) is 0 Å². The Morgan fingerprint density at radius 1 is 1.13 bits per heavy atom. The maximum Gasteiger partial charge on any atom is 0.329 e. The van der Waals surface area contributed by atoms with Gasteiger partial charge in [0.2, 0.25) is 5.91 Å². The van der Waals surface area contributed by atoms with Gasteiger partial charge < -0.3 is 15.2 Å². The summed E-state index contributed by atoms with van der Waals surface area (Å²) < 4.78 is 1.83. The van der Waals surface area contributed by atoms with E-state index in [2.05, 4.69) is 17.2 Å². The van der Waals surface area contributed by atoms with Gasteiger partial charge in [0.15, 0.2) is 0 Å². The molecule has 1 saturated heterocycles. The summed E-state index contributed by atoms with van der Waals surface area (Å²) in [5.41, 5.74) is 3.64. The number of para-hydroxylation sites is 1. The Hall–Kier alpha value is -4.13. The third kappa shape index (κ3) is 4.11. The normalized spacial score (nSPS) is 14.9. The molecule has 0 bridgehead atoms. The number of hydrogen-bond donors (Lipinski definition) is 2. The zero-order chi connectivity index (χ0) is 22.0. The Kier molecular flexibility index (Phi) is 5.41. The number of carbonyl (C=O) groups excluding carboxylic acids is 3. The first-order valence-corrected chi connectivity index (χ1v) is 9.86. The van der Waals surface area contributed by atoms with E-state index in [4.69, 9.17) is 0 Å². The Balaban J connectivity index is 1.61. The number of fused-ring (bicyclic) bond motifs is 1. The molecule has 0 radical (unpaired) electrons. The first-order valence-electron chi connectivity index (χ1n) is 9.86. The zero-order valence-electron chi connectivity index (χ0n) is 17.1. The highest BCUT2D eigenvalue weighted by Crippen LogP contribution is 2.25. The van der Waals surface area contributed by atoms with Crippen LogP contribution in [0, 0.1) is 6.92 Å². The van der Waals surface area contributed by atoms with Crippen LogP contribution < -0.4 is 10.6 Å². The monoisotopic (exact) mass is 414 g/mol. The maximum atomic E-state index is 12.6. The molecule has 1 aliphatic heterocycles. The molecule has 0 saturated carbocycles. The molecule has 4 amide bonds. The van der Waals surface area contributed by atoms with Crippen molar-refractivity contribution < 1.29 is 14.4 Å². The van der Waals surface area contributed by atoms with Crippen LogP contribution in [0.2, 0.25) is 0 Å². The molecule has 2 aromatic carbocycles. The van der Waals surface area contributed by atoms with Gasteiger partial charge in [0.1, 0.15) is 12.2 Å². The van der Waals surface area contributed by atoms with E-state index in [1.807, 2.05) is 66.2 Å². The highest BCUT2D eigenvalue weighted by molar-refractivity contribution is 6.14. The Morgan fingerprint density at radius 2 is 1.87 bits per heavy atom. The van der Waals surface area contributed by atoms with Crippen LogP contribution in [0.5, 0.6) is 0 Å². The molecule has 0 unspecified atom stereocenters. The second-order valence-corrected chi connectivity index (χ2v) is 7.34. The number of amides is 4. The number of hydrogen-bond acceptors (Lipinski definition) is 3. The van der Waals surface area contributed by atoms with E-state index in [1.165, 1.54) is 6.08 Å². The van der Waals surface area contributed by atoms with Crippen molar-refractivity contribution in [2.24, 2.45) is 0 Å². The van der Waals surface area contributed by atoms with Gasteiger partial charge in [0.05, 0.1) is 0 Å². The number of anilines is 1. The molecule has 0 aliphatic carbocycles. The van der Waals surface area contributed by atoms with Crippen molar-refractivity contribution in [3.05, 3.63) is 84.2 Å². The largest absolute Gasteiger partial charge is 0.337 e. The number of benzene rings is 2. The third-order valence-electron chi connectivity index (χ3n) is 5.04. The lowest BCUT2D eigenvalue weighted by Gasteiger charge is -2.07.